The molecule has 0 aromatic heterocycles. The number of hydrogen-bond acceptors (Lipinski definition) is 0. The molecule has 0 saturated heterocycles. The Labute approximate surface area is 128 Å². The second kappa shape index (κ2) is 6.78. The molecule has 0 heterocycles. The van der Waals surface area contributed by atoms with E-state index < -0.39 is 0 Å². The van der Waals surface area contributed by atoms with E-state index in [0.717, 1.165) is 0 Å². The summed E-state index contributed by atoms with van der Waals surface area (Å²) >= 11 is 0. The maximum absolute atomic E-state index is 2.34. The van der Waals surface area contributed by atoms with Crippen molar-refractivity contribution in [1.82, 2.24) is 0 Å². The van der Waals surface area contributed by atoms with Gasteiger partial charge in [-0.1, -0.05) is 87.1 Å². The smallest absolute Gasteiger partial charge is 0.0132 e. The highest BCUT2D eigenvalue weighted by Crippen LogP contribution is 2.36. The Hall–Kier alpha value is -0.780. The molecule has 0 radical (unpaired) electrons. The van der Waals surface area contributed by atoms with Crippen molar-refractivity contribution in [1.29, 1.82) is 0 Å². The zero-order valence-electron chi connectivity index (χ0n) is 14.2. The molecule has 0 amide bonds. The van der Waals surface area contributed by atoms with Crippen molar-refractivity contribution in [3.8, 4) is 0 Å². The molecule has 0 aliphatic carbocycles. The Morgan fingerprint density at radius 1 is 0.850 bits per heavy atom. The molecule has 0 saturated carbocycles. The van der Waals surface area contributed by atoms with Crippen molar-refractivity contribution in [3.05, 3.63) is 35.4 Å². The van der Waals surface area contributed by atoms with Crippen molar-refractivity contribution in [2.75, 3.05) is 0 Å². The molecule has 1 aromatic carbocycles. The van der Waals surface area contributed by atoms with Crippen LogP contribution in [-0.4, -0.2) is 0 Å². The van der Waals surface area contributed by atoms with Gasteiger partial charge >= 0.3 is 0 Å². The fourth-order valence-electron chi connectivity index (χ4n) is 2.63. The van der Waals surface area contributed by atoms with Crippen molar-refractivity contribution >= 4 is 0 Å². The molecule has 0 bridgehead atoms. The van der Waals surface area contributed by atoms with Crippen molar-refractivity contribution in [3.63, 3.8) is 0 Å². The third-order valence-corrected chi connectivity index (χ3v) is 3.84. The molecule has 0 fully saturated rings. The highest BCUT2D eigenvalue weighted by Gasteiger charge is 2.23. The van der Waals surface area contributed by atoms with E-state index in [9.17, 15) is 0 Å². The lowest BCUT2D eigenvalue weighted by Crippen LogP contribution is -2.17. The first-order valence-corrected chi connectivity index (χ1v) is 7.61. The summed E-state index contributed by atoms with van der Waals surface area (Å²) in [4.78, 5) is 0. The van der Waals surface area contributed by atoms with Crippen LogP contribution in [0.5, 0.6) is 0 Å². The maximum Gasteiger partial charge on any atom is -0.0132 e. The standard InChI is InChI=1S/C19H32.CH4/c1-14(2)17(13-18(3,4)5)15-9-11-16(12-10-15)19(6,7)8;/h9-12,14,17H,13H2,1-8H3;1H4. The molecule has 20 heavy (non-hydrogen) atoms. The molecule has 0 nitrogen and oxygen atoms in total. The highest BCUT2D eigenvalue weighted by molar-refractivity contribution is 5.29. The van der Waals surface area contributed by atoms with Crippen molar-refractivity contribution in [2.45, 2.75) is 80.6 Å². The normalized spacial score (nSPS) is 14.1. The van der Waals surface area contributed by atoms with Gasteiger partial charge in [-0.3, -0.25) is 0 Å². The summed E-state index contributed by atoms with van der Waals surface area (Å²) in [6.07, 6.45) is 1.25. The molecule has 116 valence electrons. The minimum atomic E-state index is 0. The van der Waals surface area contributed by atoms with Gasteiger partial charge in [0.1, 0.15) is 0 Å². The maximum atomic E-state index is 2.34. The van der Waals surface area contributed by atoms with Crippen LogP contribution in [0.4, 0.5) is 0 Å². The van der Waals surface area contributed by atoms with Crippen LogP contribution in [-0.2, 0) is 5.41 Å². The van der Waals surface area contributed by atoms with E-state index in [0.29, 0.717) is 17.3 Å². The van der Waals surface area contributed by atoms with Gasteiger partial charge in [0.05, 0.1) is 0 Å². The van der Waals surface area contributed by atoms with Crippen molar-refractivity contribution in [2.24, 2.45) is 11.3 Å². The van der Waals surface area contributed by atoms with Crippen LogP contribution in [0.3, 0.4) is 0 Å². The third kappa shape index (κ3) is 5.69. The van der Waals surface area contributed by atoms with Crippen LogP contribution in [0, 0.1) is 11.3 Å². The zero-order valence-corrected chi connectivity index (χ0v) is 14.2. The fourth-order valence-corrected chi connectivity index (χ4v) is 2.63. The van der Waals surface area contributed by atoms with Crippen LogP contribution in [0.1, 0.15) is 86.3 Å². The number of hydrogen-bond donors (Lipinski definition) is 0. The van der Waals surface area contributed by atoms with Gasteiger partial charge in [0, 0.05) is 0 Å². The SMILES string of the molecule is C.CC(C)C(CC(C)(C)C)c1ccc(C(C)(C)C)cc1. The van der Waals surface area contributed by atoms with Crippen LogP contribution in [0.15, 0.2) is 24.3 Å². The summed E-state index contributed by atoms with van der Waals surface area (Å²) in [5, 5.41) is 0. The molecule has 0 spiro atoms. The van der Waals surface area contributed by atoms with E-state index in [2.05, 4.69) is 79.7 Å². The first-order valence-electron chi connectivity index (χ1n) is 7.61. The predicted octanol–water partition coefficient (Wildman–Crippen LogP) is 6.80. The third-order valence-electron chi connectivity index (χ3n) is 3.84. The Morgan fingerprint density at radius 3 is 1.60 bits per heavy atom. The summed E-state index contributed by atoms with van der Waals surface area (Å²) < 4.78 is 0. The predicted molar refractivity (Wildman–Crippen MR) is 93.5 cm³/mol. The summed E-state index contributed by atoms with van der Waals surface area (Å²) in [6, 6.07) is 9.31. The van der Waals surface area contributed by atoms with Gasteiger partial charge in [-0.25, -0.2) is 0 Å². The van der Waals surface area contributed by atoms with Gasteiger partial charge in [-0.2, -0.15) is 0 Å². The Balaban J connectivity index is 0.00000361. The van der Waals surface area contributed by atoms with Gasteiger partial charge in [-0.15, -0.1) is 0 Å². The molecule has 1 rings (SSSR count). The number of rotatable bonds is 3. The lowest BCUT2D eigenvalue weighted by atomic mass is 9.75. The molecule has 0 heteroatoms. The molecule has 0 aliphatic heterocycles. The molecule has 0 aliphatic rings. The lowest BCUT2D eigenvalue weighted by Gasteiger charge is -2.30. The van der Waals surface area contributed by atoms with Gasteiger partial charge in [0.15, 0.2) is 0 Å². The van der Waals surface area contributed by atoms with Gasteiger partial charge < -0.3 is 0 Å². The first-order chi connectivity index (χ1) is 8.50. The van der Waals surface area contributed by atoms with Crippen LogP contribution < -0.4 is 0 Å². The largest absolute Gasteiger partial charge is 0.0776 e. The summed E-state index contributed by atoms with van der Waals surface area (Å²) in [6.45, 7) is 18.5. The highest BCUT2D eigenvalue weighted by atomic mass is 14.3. The van der Waals surface area contributed by atoms with E-state index in [4.69, 9.17) is 0 Å². The molecule has 0 N–H and O–H groups in total. The molecular formula is C20H36. The van der Waals surface area contributed by atoms with Gasteiger partial charge in [-0.05, 0) is 40.2 Å². The zero-order chi connectivity index (χ0) is 14.8. The molecule has 1 unspecified atom stereocenters. The van der Waals surface area contributed by atoms with E-state index in [1.807, 2.05) is 0 Å². The molecule has 1 aromatic rings. The monoisotopic (exact) mass is 276 g/mol. The minimum absolute atomic E-state index is 0. The summed E-state index contributed by atoms with van der Waals surface area (Å²) in [5.74, 6) is 1.36. The van der Waals surface area contributed by atoms with Gasteiger partial charge in [0.2, 0.25) is 0 Å². The second-order valence-electron chi connectivity index (χ2n) is 8.49. The lowest BCUT2D eigenvalue weighted by molar-refractivity contribution is 0.301. The van der Waals surface area contributed by atoms with Crippen LogP contribution in [0.25, 0.3) is 0 Å². The Kier molecular flexibility index (Phi) is 6.52. The van der Waals surface area contributed by atoms with E-state index in [1.165, 1.54) is 17.5 Å². The van der Waals surface area contributed by atoms with E-state index in [1.54, 1.807) is 0 Å². The van der Waals surface area contributed by atoms with Crippen molar-refractivity contribution < 1.29 is 0 Å². The quantitative estimate of drug-likeness (QED) is 0.569. The minimum Gasteiger partial charge on any atom is -0.0776 e. The fraction of sp³-hybridized carbons (Fsp3) is 0.700. The second-order valence-corrected chi connectivity index (χ2v) is 8.49. The molecule has 1 atom stereocenters. The number of benzene rings is 1. The van der Waals surface area contributed by atoms with Gasteiger partial charge in [0.25, 0.3) is 0 Å². The Bertz CT molecular complexity index is 382. The summed E-state index contributed by atoms with van der Waals surface area (Å²) in [7, 11) is 0. The Morgan fingerprint density at radius 2 is 1.30 bits per heavy atom. The average Bonchev–Trinajstić information content (AvgIpc) is 2.23. The van der Waals surface area contributed by atoms with E-state index in [-0.39, 0.29) is 12.8 Å². The van der Waals surface area contributed by atoms with Crippen LogP contribution >= 0.6 is 0 Å². The summed E-state index contributed by atoms with van der Waals surface area (Å²) in [5.41, 5.74) is 3.56. The first kappa shape index (κ1) is 19.2. The molecular weight excluding hydrogens is 240 g/mol. The average molecular weight is 277 g/mol. The topological polar surface area (TPSA) is 0 Å². The van der Waals surface area contributed by atoms with E-state index >= 15 is 0 Å². The van der Waals surface area contributed by atoms with Crippen LogP contribution in [0.2, 0.25) is 0 Å².